The first-order valence-corrected chi connectivity index (χ1v) is 11.2. The minimum absolute atomic E-state index is 0.168. The highest BCUT2D eigenvalue weighted by atomic mass is 16.5. The minimum Gasteiger partial charge on any atom is -0.472 e. The molecule has 5 rings (SSSR count). The second-order valence-electron chi connectivity index (χ2n) is 8.79. The van der Waals surface area contributed by atoms with Crippen molar-refractivity contribution in [2.75, 3.05) is 11.6 Å². The van der Waals surface area contributed by atoms with Crippen LogP contribution in [0.4, 0.5) is 5.69 Å². The van der Waals surface area contributed by atoms with E-state index in [0.29, 0.717) is 18.2 Å². The maximum absolute atomic E-state index is 12.5. The SMILES string of the molecule is CC[C@H](C)c1ccc(N2COc3c(cc4c5c(c(=O)oc4c3C)CCCC5)C2)cc1. The predicted octanol–water partition coefficient (Wildman–Crippen LogP) is 5.85. The van der Waals surface area contributed by atoms with Crippen LogP contribution in [0.5, 0.6) is 5.75 Å². The summed E-state index contributed by atoms with van der Waals surface area (Å²) in [5.41, 5.74) is 7.26. The van der Waals surface area contributed by atoms with Crippen LogP contribution < -0.4 is 15.3 Å². The number of rotatable bonds is 3. The zero-order chi connectivity index (χ0) is 20.8. The molecule has 1 aliphatic carbocycles. The van der Waals surface area contributed by atoms with Crippen molar-refractivity contribution in [3.05, 3.63) is 68.6 Å². The molecule has 0 amide bonds. The van der Waals surface area contributed by atoms with Crippen LogP contribution in [0.3, 0.4) is 0 Å². The Morgan fingerprint density at radius 3 is 2.57 bits per heavy atom. The van der Waals surface area contributed by atoms with E-state index in [1.807, 2.05) is 6.92 Å². The molecule has 156 valence electrons. The fourth-order valence-corrected chi connectivity index (χ4v) is 4.92. The summed E-state index contributed by atoms with van der Waals surface area (Å²) in [5, 5.41) is 1.10. The Kier molecular flexibility index (Phi) is 4.80. The third-order valence-corrected chi connectivity index (χ3v) is 6.94. The molecule has 1 aromatic heterocycles. The van der Waals surface area contributed by atoms with Crippen molar-refractivity contribution >= 4 is 16.7 Å². The van der Waals surface area contributed by atoms with E-state index in [2.05, 4.69) is 49.1 Å². The van der Waals surface area contributed by atoms with E-state index in [4.69, 9.17) is 9.15 Å². The first-order chi connectivity index (χ1) is 14.6. The molecule has 4 heteroatoms. The number of fused-ring (bicyclic) bond motifs is 4. The largest absolute Gasteiger partial charge is 0.472 e. The van der Waals surface area contributed by atoms with Gasteiger partial charge in [-0.1, -0.05) is 26.0 Å². The number of aryl methyl sites for hydroxylation is 2. The van der Waals surface area contributed by atoms with Gasteiger partial charge in [0.25, 0.3) is 0 Å². The normalized spacial score (nSPS) is 16.7. The quantitative estimate of drug-likeness (QED) is 0.515. The van der Waals surface area contributed by atoms with E-state index >= 15 is 0 Å². The number of anilines is 1. The fourth-order valence-electron chi connectivity index (χ4n) is 4.92. The summed E-state index contributed by atoms with van der Waals surface area (Å²) >= 11 is 0. The topological polar surface area (TPSA) is 42.7 Å². The Labute approximate surface area is 177 Å². The van der Waals surface area contributed by atoms with Gasteiger partial charge in [0, 0.05) is 34.3 Å². The van der Waals surface area contributed by atoms with Gasteiger partial charge in [-0.05, 0) is 74.3 Å². The van der Waals surface area contributed by atoms with Crippen LogP contribution >= 0.6 is 0 Å². The van der Waals surface area contributed by atoms with Gasteiger partial charge < -0.3 is 14.1 Å². The molecule has 2 heterocycles. The van der Waals surface area contributed by atoms with Crippen molar-refractivity contribution < 1.29 is 9.15 Å². The van der Waals surface area contributed by atoms with Crippen molar-refractivity contribution in [3.8, 4) is 5.75 Å². The molecule has 0 N–H and O–H groups in total. The Morgan fingerprint density at radius 2 is 1.83 bits per heavy atom. The molecule has 4 nitrogen and oxygen atoms in total. The molecule has 2 aliphatic rings. The van der Waals surface area contributed by atoms with Gasteiger partial charge in [0.1, 0.15) is 11.3 Å². The molecule has 0 bridgehead atoms. The van der Waals surface area contributed by atoms with Crippen LogP contribution in [0.15, 0.2) is 39.5 Å². The maximum Gasteiger partial charge on any atom is 0.339 e. The van der Waals surface area contributed by atoms with Gasteiger partial charge in [-0.2, -0.15) is 0 Å². The van der Waals surface area contributed by atoms with Crippen LogP contribution in [-0.4, -0.2) is 6.73 Å². The second kappa shape index (κ2) is 7.50. The van der Waals surface area contributed by atoms with Crippen LogP contribution in [0.1, 0.15) is 66.8 Å². The third kappa shape index (κ3) is 3.10. The van der Waals surface area contributed by atoms with Gasteiger partial charge in [-0.3, -0.25) is 0 Å². The number of hydrogen-bond acceptors (Lipinski definition) is 4. The monoisotopic (exact) mass is 403 g/mol. The van der Waals surface area contributed by atoms with Crippen molar-refractivity contribution in [2.45, 2.75) is 65.3 Å². The maximum atomic E-state index is 12.5. The average molecular weight is 404 g/mol. The van der Waals surface area contributed by atoms with Gasteiger partial charge in [0.05, 0.1) is 0 Å². The lowest BCUT2D eigenvalue weighted by Crippen LogP contribution is -2.32. The van der Waals surface area contributed by atoms with E-state index < -0.39 is 0 Å². The zero-order valence-corrected chi connectivity index (χ0v) is 18.1. The first-order valence-electron chi connectivity index (χ1n) is 11.2. The number of nitrogens with zero attached hydrogens (tertiary/aromatic N) is 1. The molecule has 0 unspecified atom stereocenters. The molecule has 2 aromatic carbocycles. The second-order valence-corrected chi connectivity index (χ2v) is 8.79. The Bertz CT molecular complexity index is 1160. The summed E-state index contributed by atoms with van der Waals surface area (Å²) in [6, 6.07) is 11.1. The van der Waals surface area contributed by atoms with Gasteiger partial charge >= 0.3 is 5.63 Å². The van der Waals surface area contributed by atoms with Crippen molar-refractivity contribution in [2.24, 2.45) is 0 Å². The molecule has 0 radical (unpaired) electrons. The molecule has 30 heavy (non-hydrogen) atoms. The van der Waals surface area contributed by atoms with Crippen molar-refractivity contribution in [1.82, 2.24) is 0 Å². The van der Waals surface area contributed by atoms with Crippen molar-refractivity contribution in [1.29, 1.82) is 0 Å². The molecule has 0 saturated heterocycles. The van der Waals surface area contributed by atoms with Crippen LogP contribution in [0, 0.1) is 6.92 Å². The molecule has 0 saturated carbocycles. The van der Waals surface area contributed by atoms with Gasteiger partial charge in [0.2, 0.25) is 0 Å². The molecule has 1 atom stereocenters. The smallest absolute Gasteiger partial charge is 0.339 e. The number of benzene rings is 2. The Hall–Kier alpha value is -2.75. The molecule has 1 aliphatic heterocycles. The summed E-state index contributed by atoms with van der Waals surface area (Å²) in [7, 11) is 0. The highest BCUT2D eigenvalue weighted by Gasteiger charge is 2.25. The van der Waals surface area contributed by atoms with Gasteiger partial charge in [-0.25, -0.2) is 4.79 Å². The molecular formula is C26H29NO3. The minimum atomic E-state index is -0.168. The Balaban J connectivity index is 1.54. The standard InChI is InChI=1S/C26H29NO3/c1-4-16(2)18-9-11-20(12-10-18)27-14-19-13-23-21-7-5-6-8-22(21)26(28)30-25(23)17(3)24(19)29-15-27/h9-13,16H,4-8,14-15H2,1-3H3/t16-/m0/s1. The lowest BCUT2D eigenvalue weighted by atomic mass is 9.89. The van der Waals surface area contributed by atoms with Gasteiger partial charge in [-0.15, -0.1) is 0 Å². The van der Waals surface area contributed by atoms with Crippen LogP contribution in [0.2, 0.25) is 0 Å². The van der Waals surface area contributed by atoms with E-state index in [0.717, 1.165) is 60.9 Å². The lowest BCUT2D eigenvalue weighted by molar-refractivity contribution is 0.287. The third-order valence-electron chi connectivity index (χ3n) is 6.94. The average Bonchev–Trinajstić information content (AvgIpc) is 2.79. The highest BCUT2D eigenvalue weighted by Crippen LogP contribution is 2.38. The lowest BCUT2D eigenvalue weighted by Gasteiger charge is -2.32. The first kappa shape index (κ1) is 19.2. The van der Waals surface area contributed by atoms with E-state index in [1.165, 1.54) is 22.4 Å². The molecule has 3 aromatic rings. The molecule has 0 spiro atoms. The number of ether oxygens (including phenoxy) is 1. The summed E-state index contributed by atoms with van der Waals surface area (Å²) in [6.45, 7) is 7.79. The molecule has 0 fully saturated rings. The fraction of sp³-hybridized carbons (Fsp3) is 0.423. The summed E-state index contributed by atoms with van der Waals surface area (Å²) in [6.07, 6.45) is 5.13. The summed E-state index contributed by atoms with van der Waals surface area (Å²) in [4.78, 5) is 14.8. The van der Waals surface area contributed by atoms with E-state index in [-0.39, 0.29) is 5.63 Å². The Morgan fingerprint density at radius 1 is 1.10 bits per heavy atom. The highest BCUT2D eigenvalue weighted by molar-refractivity contribution is 5.87. The van der Waals surface area contributed by atoms with E-state index in [1.54, 1.807) is 0 Å². The predicted molar refractivity (Wildman–Crippen MR) is 121 cm³/mol. The van der Waals surface area contributed by atoms with Gasteiger partial charge in [0.15, 0.2) is 6.73 Å². The van der Waals surface area contributed by atoms with E-state index in [9.17, 15) is 4.79 Å². The number of hydrogen-bond donors (Lipinski definition) is 0. The molecular weight excluding hydrogens is 374 g/mol. The summed E-state index contributed by atoms with van der Waals surface area (Å²) in [5.74, 6) is 1.45. The van der Waals surface area contributed by atoms with Crippen LogP contribution in [-0.2, 0) is 19.4 Å². The zero-order valence-electron chi connectivity index (χ0n) is 18.1. The summed E-state index contributed by atoms with van der Waals surface area (Å²) < 4.78 is 11.9. The van der Waals surface area contributed by atoms with Crippen LogP contribution in [0.25, 0.3) is 11.0 Å². The van der Waals surface area contributed by atoms with Crippen molar-refractivity contribution in [3.63, 3.8) is 0 Å².